The molecule has 0 radical (unpaired) electrons. The van der Waals surface area contributed by atoms with E-state index in [0.29, 0.717) is 33.5 Å². The molecule has 4 aromatic rings. The maximum atomic E-state index is 12.6. The van der Waals surface area contributed by atoms with Gasteiger partial charge in [0.2, 0.25) is 0 Å². The van der Waals surface area contributed by atoms with Crippen molar-refractivity contribution in [3.63, 3.8) is 0 Å². The Bertz CT molecular complexity index is 1380. The lowest BCUT2D eigenvalue weighted by atomic mass is 9.98. The third kappa shape index (κ3) is 5.09. The summed E-state index contributed by atoms with van der Waals surface area (Å²) in [4.78, 5) is 17.4. The third-order valence-electron chi connectivity index (χ3n) is 6.77. The van der Waals surface area contributed by atoms with Crippen LogP contribution in [0.15, 0.2) is 60.9 Å². The summed E-state index contributed by atoms with van der Waals surface area (Å²) in [6.07, 6.45) is 6.06. The normalized spacial score (nSPS) is 14.2. The van der Waals surface area contributed by atoms with Gasteiger partial charge in [0, 0.05) is 30.1 Å². The van der Waals surface area contributed by atoms with Gasteiger partial charge < -0.3 is 24.9 Å². The van der Waals surface area contributed by atoms with Crippen molar-refractivity contribution in [3.8, 4) is 28.1 Å². The van der Waals surface area contributed by atoms with E-state index in [9.17, 15) is 9.90 Å². The number of imidazole rings is 1. The van der Waals surface area contributed by atoms with E-state index in [1.807, 2.05) is 53.2 Å². The highest BCUT2D eigenvalue weighted by molar-refractivity contribution is 6.32. The molecular formula is C28H29ClN4O3. The number of aromatic nitrogens is 2. The molecular weight excluding hydrogens is 476 g/mol. The second-order valence-corrected chi connectivity index (χ2v) is 9.50. The molecule has 0 unspecified atom stereocenters. The molecule has 0 bridgehead atoms. The minimum atomic E-state index is -0.153. The van der Waals surface area contributed by atoms with Crippen LogP contribution in [0.4, 0.5) is 0 Å². The van der Waals surface area contributed by atoms with Gasteiger partial charge in [-0.2, -0.15) is 0 Å². The second kappa shape index (κ2) is 10.7. The zero-order chi connectivity index (χ0) is 25.1. The first-order valence-electron chi connectivity index (χ1n) is 12.1. The molecule has 0 spiro atoms. The van der Waals surface area contributed by atoms with E-state index in [-0.39, 0.29) is 12.5 Å². The van der Waals surface area contributed by atoms with E-state index in [1.165, 1.54) is 0 Å². The number of fused-ring (bicyclic) bond motifs is 1. The Morgan fingerprint density at radius 3 is 2.67 bits per heavy atom. The summed E-state index contributed by atoms with van der Waals surface area (Å²) < 4.78 is 7.20. The topological polar surface area (TPSA) is 87.9 Å². The Hall–Kier alpha value is -3.39. The minimum Gasteiger partial charge on any atom is -0.495 e. The maximum absolute atomic E-state index is 12.6. The zero-order valence-electron chi connectivity index (χ0n) is 20.1. The number of carbonyl (C=O) groups is 1. The third-order valence-corrected chi connectivity index (χ3v) is 7.07. The average molecular weight is 505 g/mol. The molecule has 8 heteroatoms. The Kier molecular flexibility index (Phi) is 7.23. The Morgan fingerprint density at radius 1 is 1.17 bits per heavy atom. The number of carbonyl (C=O) groups excluding carboxylic acids is 1. The number of aliphatic hydroxyl groups is 1. The Labute approximate surface area is 215 Å². The van der Waals surface area contributed by atoms with Gasteiger partial charge in [-0.05, 0) is 84.9 Å². The van der Waals surface area contributed by atoms with Crippen molar-refractivity contribution in [2.75, 3.05) is 26.7 Å². The highest BCUT2D eigenvalue weighted by atomic mass is 35.5. The van der Waals surface area contributed by atoms with Gasteiger partial charge in [-0.3, -0.25) is 4.79 Å². The van der Waals surface area contributed by atoms with Crippen LogP contribution < -0.4 is 15.4 Å². The number of aliphatic hydroxyl groups excluding tert-OH is 1. The van der Waals surface area contributed by atoms with Gasteiger partial charge in [-0.1, -0.05) is 23.7 Å². The van der Waals surface area contributed by atoms with Crippen LogP contribution in [0.2, 0.25) is 5.02 Å². The summed E-state index contributed by atoms with van der Waals surface area (Å²) in [5, 5.41) is 16.7. The van der Waals surface area contributed by atoms with Crippen LogP contribution in [0.1, 0.15) is 28.8 Å². The summed E-state index contributed by atoms with van der Waals surface area (Å²) in [7, 11) is 1.54. The lowest BCUT2D eigenvalue weighted by molar-refractivity contribution is 0.0944. The summed E-state index contributed by atoms with van der Waals surface area (Å²) in [5.74, 6) is 1.02. The summed E-state index contributed by atoms with van der Waals surface area (Å²) in [5.41, 5.74) is 5.58. The first-order valence-corrected chi connectivity index (χ1v) is 12.5. The fraction of sp³-hybridized carbons (Fsp3) is 0.286. The van der Waals surface area contributed by atoms with Crippen LogP contribution in [0.5, 0.6) is 5.75 Å². The lowest BCUT2D eigenvalue weighted by Crippen LogP contribution is -2.35. The van der Waals surface area contributed by atoms with E-state index in [2.05, 4.69) is 10.6 Å². The van der Waals surface area contributed by atoms with Crippen molar-refractivity contribution in [1.29, 1.82) is 0 Å². The Balaban J connectivity index is 1.34. The predicted octanol–water partition coefficient (Wildman–Crippen LogP) is 4.55. The molecule has 5 rings (SSSR count). The Morgan fingerprint density at radius 2 is 1.94 bits per heavy atom. The van der Waals surface area contributed by atoms with Gasteiger partial charge >= 0.3 is 0 Å². The molecule has 2 aromatic heterocycles. The number of piperidine rings is 1. The molecule has 186 valence electrons. The smallest absolute Gasteiger partial charge is 0.251 e. The molecule has 0 saturated carbocycles. The number of methoxy groups -OCH3 is 1. The fourth-order valence-corrected chi connectivity index (χ4v) is 4.89. The van der Waals surface area contributed by atoms with E-state index < -0.39 is 0 Å². The number of hydrogen-bond acceptors (Lipinski definition) is 5. The van der Waals surface area contributed by atoms with E-state index in [1.54, 1.807) is 19.2 Å². The molecule has 36 heavy (non-hydrogen) atoms. The molecule has 7 nitrogen and oxygen atoms in total. The van der Waals surface area contributed by atoms with Crippen molar-refractivity contribution < 1.29 is 14.6 Å². The van der Waals surface area contributed by atoms with E-state index in [4.69, 9.17) is 21.3 Å². The number of nitrogens with zero attached hydrogens (tertiary/aromatic N) is 2. The summed E-state index contributed by atoms with van der Waals surface area (Å²) in [6, 6.07) is 15.2. The van der Waals surface area contributed by atoms with Gasteiger partial charge in [0.1, 0.15) is 11.4 Å². The number of amides is 1. The van der Waals surface area contributed by atoms with Crippen LogP contribution >= 0.6 is 11.6 Å². The summed E-state index contributed by atoms with van der Waals surface area (Å²) in [6.45, 7) is 2.61. The molecule has 0 atom stereocenters. The van der Waals surface area contributed by atoms with Crippen LogP contribution in [0, 0.1) is 5.92 Å². The quantitative estimate of drug-likeness (QED) is 0.343. The molecule has 1 amide bonds. The van der Waals surface area contributed by atoms with E-state index >= 15 is 0 Å². The molecule has 0 aliphatic carbocycles. The summed E-state index contributed by atoms with van der Waals surface area (Å²) >= 11 is 6.33. The molecule has 3 N–H and O–H groups in total. The minimum absolute atomic E-state index is 0.0359. The lowest BCUT2D eigenvalue weighted by Gasteiger charge is -2.22. The molecule has 1 aliphatic heterocycles. The number of rotatable bonds is 7. The second-order valence-electron chi connectivity index (χ2n) is 9.09. The van der Waals surface area contributed by atoms with Gasteiger partial charge in [0.05, 0.1) is 24.4 Å². The van der Waals surface area contributed by atoms with Gasteiger partial charge in [-0.25, -0.2) is 4.98 Å². The average Bonchev–Trinajstić information content (AvgIpc) is 3.35. The largest absolute Gasteiger partial charge is 0.495 e. The van der Waals surface area contributed by atoms with Crippen molar-refractivity contribution in [3.05, 3.63) is 77.1 Å². The van der Waals surface area contributed by atoms with Gasteiger partial charge in [0.25, 0.3) is 5.91 Å². The fourth-order valence-electron chi connectivity index (χ4n) is 4.65. The van der Waals surface area contributed by atoms with Crippen molar-refractivity contribution in [1.82, 2.24) is 20.0 Å². The SMILES string of the molecule is COc1cc(CO)c(-c2cn3ccc(-c4ccc(C(=O)NCC5CCNCC5)cc4)cc3n2)cc1Cl. The number of ether oxygens (including phenoxy) is 1. The van der Waals surface area contributed by atoms with Crippen molar-refractivity contribution in [2.24, 2.45) is 5.92 Å². The highest BCUT2D eigenvalue weighted by Gasteiger charge is 2.16. The van der Waals surface area contributed by atoms with E-state index in [0.717, 1.165) is 54.8 Å². The monoisotopic (exact) mass is 504 g/mol. The van der Waals surface area contributed by atoms with Crippen molar-refractivity contribution >= 4 is 23.2 Å². The highest BCUT2D eigenvalue weighted by Crippen LogP contribution is 2.34. The standard InChI is InChI=1S/C28H29ClN4O3/c1-36-26-12-22(17-34)23(14-24(26)29)25-16-33-11-8-21(13-27(33)32-25)19-2-4-20(5-3-19)28(35)31-15-18-6-9-30-10-7-18/h2-5,8,11-14,16,18,30,34H,6-7,9-10,15,17H2,1H3,(H,31,35). The number of pyridine rings is 1. The van der Waals surface area contributed by atoms with Gasteiger partial charge in [0.15, 0.2) is 0 Å². The zero-order valence-corrected chi connectivity index (χ0v) is 20.9. The number of halogens is 1. The van der Waals surface area contributed by atoms with Gasteiger partial charge in [-0.15, -0.1) is 0 Å². The van der Waals surface area contributed by atoms with Crippen LogP contribution in [0.3, 0.4) is 0 Å². The van der Waals surface area contributed by atoms with Crippen LogP contribution in [-0.2, 0) is 6.61 Å². The first-order chi connectivity index (χ1) is 17.6. The molecule has 1 saturated heterocycles. The molecule has 1 aliphatic rings. The van der Waals surface area contributed by atoms with Crippen LogP contribution in [0.25, 0.3) is 28.0 Å². The molecule has 2 aromatic carbocycles. The molecule has 1 fully saturated rings. The predicted molar refractivity (Wildman–Crippen MR) is 141 cm³/mol. The van der Waals surface area contributed by atoms with Crippen LogP contribution in [-0.4, -0.2) is 47.1 Å². The molecule has 3 heterocycles. The maximum Gasteiger partial charge on any atom is 0.251 e. The first kappa shape index (κ1) is 24.3. The number of benzene rings is 2. The van der Waals surface area contributed by atoms with Crippen molar-refractivity contribution in [2.45, 2.75) is 19.4 Å². The number of nitrogens with one attached hydrogen (secondary N) is 2. The number of hydrogen-bond donors (Lipinski definition) is 3.